The Hall–Kier alpha value is -0.450. The van der Waals surface area contributed by atoms with Gasteiger partial charge < -0.3 is 10.1 Å². The van der Waals surface area contributed by atoms with E-state index in [9.17, 15) is 0 Å². The van der Waals surface area contributed by atoms with Crippen LogP contribution in [0.15, 0.2) is 5.38 Å². The largest absolute Gasteiger partial charge is 0.378 e. The Morgan fingerprint density at radius 3 is 3.31 bits per heavy atom. The first-order valence-corrected chi connectivity index (χ1v) is 6.96. The summed E-state index contributed by atoms with van der Waals surface area (Å²) in [6, 6.07) is 0. The quantitative estimate of drug-likeness (QED) is 0.772. The molecular weight excluding hydrogens is 220 g/mol. The van der Waals surface area contributed by atoms with E-state index in [2.05, 4.69) is 15.7 Å². The monoisotopic (exact) mass is 240 g/mol. The maximum Gasteiger partial charge on any atom is 0.0954 e. The molecule has 1 aromatic rings. The minimum atomic E-state index is 0.427. The highest BCUT2D eigenvalue weighted by Crippen LogP contribution is 2.20. The summed E-state index contributed by atoms with van der Waals surface area (Å²) in [4.78, 5) is 4.66. The fourth-order valence-corrected chi connectivity index (χ4v) is 2.90. The van der Waals surface area contributed by atoms with Gasteiger partial charge in [0.05, 0.1) is 16.8 Å². The van der Waals surface area contributed by atoms with Crippen LogP contribution >= 0.6 is 11.3 Å². The van der Waals surface area contributed by atoms with Gasteiger partial charge in [-0.3, -0.25) is 0 Å². The summed E-state index contributed by atoms with van der Waals surface area (Å²) in [5.41, 5.74) is 1.24. The molecule has 16 heavy (non-hydrogen) atoms. The molecule has 0 amide bonds. The van der Waals surface area contributed by atoms with Crippen molar-refractivity contribution in [3.05, 3.63) is 16.1 Å². The van der Waals surface area contributed by atoms with Gasteiger partial charge in [0.2, 0.25) is 0 Å². The zero-order valence-electron chi connectivity index (χ0n) is 9.87. The molecule has 0 aliphatic carbocycles. The third kappa shape index (κ3) is 3.54. The number of aryl methyl sites for hydroxylation is 1. The van der Waals surface area contributed by atoms with Crippen LogP contribution in [-0.2, 0) is 17.6 Å². The van der Waals surface area contributed by atoms with E-state index in [-0.39, 0.29) is 0 Å². The Labute approximate surface area is 101 Å². The fourth-order valence-electron chi connectivity index (χ4n) is 2.00. The Bertz CT molecular complexity index is 308. The molecule has 1 unspecified atom stereocenters. The molecule has 90 valence electrons. The van der Waals surface area contributed by atoms with Crippen LogP contribution in [-0.4, -0.2) is 31.3 Å². The molecule has 1 atom stereocenters. The lowest BCUT2D eigenvalue weighted by Crippen LogP contribution is -2.09. The number of hydrogen-bond acceptors (Lipinski definition) is 4. The molecule has 0 bridgehead atoms. The van der Waals surface area contributed by atoms with E-state index >= 15 is 0 Å². The van der Waals surface area contributed by atoms with Crippen LogP contribution in [0.25, 0.3) is 0 Å². The van der Waals surface area contributed by atoms with Crippen LogP contribution < -0.4 is 5.32 Å². The predicted octanol–water partition coefficient (Wildman–Crippen LogP) is 2.02. The summed E-state index contributed by atoms with van der Waals surface area (Å²) >= 11 is 1.78. The fraction of sp³-hybridized carbons (Fsp3) is 0.750. The van der Waals surface area contributed by atoms with E-state index in [1.54, 1.807) is 11.3 Å². The third-order valence-electron chi connectivity index (χ3n) is 2.89. The van der Waals surface area contributed by atoms with Gasteiger partial charge >= 0.3 is 0 Å². The Morgan fingerprint density at radius 1 is 1.62 bits per heavy atom. The van der Waals surface area contributed by atoms with Crippen LogP contribution in [0.3, 0.4) is 0 Å². The lowest BCUT2D eigenvalue weighted by molar-refractivity contribution is 0.111. The smallest absolute Gasteiger partial charge is 0.0954 e. The van der Waals surface area contributed by atoms with Crippen LogP contribution in [0, 0.1) is 0 Å². The SMILES string of the molecule is CNCCCc1csc(CC2CCCO2)n1. The molecule has 0 aromatic carbocycles. The molecule has 1 aliphatic heterocycles. The average molecular weight is 240 g/mol. The molecule has 0 spiro atoms. The van der Waals surface area contributed by atoms with Crippen molar-refractivity contribution in [1.29, 1.82) is 0 Å². The van der Waals surface area contributed by atoms with Crippen molar-refractivity contribution in [3.8, 4) is 0 Å². The van der Waals surface area contributed by atoms with E-state index in [1.807, 2.05) is 7.05 Å². The van der Waals surface area contributed by atoms with Crippen LogP contribution in [0.5, 0.6) is 0 Å². The van der Waals surface area contributed by atoms with Crippen molar-refractivity contribution >= 4 is 11.3 Å². The second kappa shape index (κ2) is 6.33. The minimum Gasteiger partial charge on any atom is -0.378 e. The topological polar surface area (TPSA) is 34.1 Å². The maximum absolute atomic E-state index is 5.62. The average Bonchev–Trinajstić information content (AvgIpc) is 2.91. The summed E-state index contributed by atoms with van der Waals surface area (Å²) in [5, 5.41) is 6.60. The number of hydrogen-bond donors (Lipinski definition) is 1. The number of ether oxygens (including phenoxy) is 1. The van der Waals surface area contributed by atoms with Crippen molar-refractivity contribution in [2.75, 3.05) is 20.2 Å². The first-order chi connectivity index (χ1) is 7.88. The highest BCUT2D eigenvalue weighted by atomic mass is 32.1. The first kappa shape index (κ1) is 12.0. The van der Waals surface area contributed by atoms with E-state index in [0.717, 1.165) is 26.0 Å². The van der Waals surface area contributed by atoms with Crippen molar-refractivity contribution in [1.82, 2.24) is 10.3 Å². The molecular formula is C12H20N2OS. The van der Waals surface area contributed by atoms with Gasteiger partial charge in [-0.15, -0.1) is 11.3 Å². The van der Waals surface area contributed by atoms with Crippen molar-refractivity contribution in [2.45, 2.75) is 38.2 Å². The Balaban J connectivity index is 1.77. The highest BCUT2D eigenvalue weighted by Gasteiger charge is 2.17. The molecule has 1 N–H and O–H groups in total. The van der Waals surface area contributed by atoms with Gasteiger partial charge in [0.1, 0.15) is 0 Å². The molecule has 1 aliphatic rings. The summed E-state index contributed by atoms with van der Waals surface area (Å²) < 4.78 is 5.62. The van der Waals surface area contributed by atoms with Gasteiger partial charge in [-0.25, -0.2) is 4.98 Å². The van der Waals surface area contributed by atoms with Crippen molar-refractivity contribution in [2.24, 2.45) is 0 Å². The molecule has 1 aromatic heterocycles. The Morgan fingerprint density at radius 2 is 2.56 bits per heavy atom. The molecule has 3 nitrogen and oxygen atoms in total. The highest BCUT2D eigenvalue weighted by molar-refractivity contribution is 7.09. The van der Waals surface area contributed by atoms with Crippen molar-refractivity contribution in [3.63, 3.8) is 0 Å². The summed E-state index contributed by atoms with van der Waals surface area (Å²) in [6.07, 6.45) is 6.11. The van der Waals surface area contributed by atoms with E-state index in [4.69, 9.17) is 4.74 Å². The lowest BCUT2D eigenvalue weighted by Gasteiger charge is -2.05. The van der Waals surface area contributed by atoms with Gasteiger partial charge in [-0.2, -0.15) is 0 Å². The van der Waals surface area contributed by atoms with Gasteiger partial charge in [-0.1, -0.05) is 0 Å². The lowest BCUT2D eigenvalue weighted by atomic mass is 10.2. The standard InChI is InChI=1S/C12H20N2OS/c1-13-6-2-4-10-9-16-12(14-10)8-11-5-3-7-15-11/h9,11,13H,2-8H2,1H3. The predicted molar refractivity (Wildman–Crippen MR) is 67.0 cm³/mol. The number of nitrogens with one attached hydrogen (secondary N) is 1. The number of aromatic nitrogens is 1. The van der Waals surface area contributed by atoms with E-state index < -0.39 is 0 Å². The summed E-state index contributed by atoms with van der Waals surface area (Å²) in [6.45, 7) is 2.00. The summed E-state index contributed by atoms with van der Waals surface area (Å²) in [5.74, 6) is 0. The zero-order valence-corrected chi connectivity index (χ0v) is 10.7. The zero-order chi connectivity index (χ0) is 11.2. The van der Waals surface area contributed by atoms with E-state index in [0.29, 0.717) is 6.10 Å². The molecule has 0 radical (unpaired) electrons. The Kier molecular flexibility index (Phi) is 4.75. The second-order valence-electron chi connectivity index (χ2n) is 4.28. The molecule has 0 saturated carbocycles. The summed E-state index contributed by atoms with van der Waals surface area (Å²) in [7, 11) is 1.99. The molecule has 1 fully saturated rings. The van der Waals surface area contributed by atoms with Crippen LogP contribution in [0.1, 0.15) is 30.0 Å². The molecule has 4 heteroatoms. The van der Waals surface area contributed by atoms with E-state index in [1.165, 1.54) is 30.0 Å². The van der Waals surface area contributed by atoms with Gasteiger partial charge in [-0.05, 0) is 39.3 Å². The van der Waals surface area contributed by atoms with Crippen molar-refractivity contribution < 1.29 is 4.74 Å². The number of rotatable bonds is 6. The maximum atomic E-state index is 5.62. The third-order valence-corrected chi connectivity index (χ3v) is 3.81. The van der Waals surface area contributed by atoms with Crippen LogP contribution in [0.4, 0.5) is 0 Å². The molecule has 1 saturated heterocycles. The van der Waals surface area contributed by atoms with Gasteiger partial charge in [0, 0.05) is 18.4 Å². The number of thiazole rings is 1. The van der Waals surface area contributed by atoms with Crippen LogP contribution in [0.2, 0.25) is 0 Å². The minimum absolute atomic E-state index is 0.427. The van der Waals surface area contributed by atoms with Gasteiger partial charge in [0.25, 0.3) is 0 Å². The number of nitrogens with zero attached hydrogens (tertiary/aromatic N) is 1. The first-order valence-electron chi connectivity index (χ1n) is 6.08. The second-order valence-corrected chi connectivity index (χ2v) is 5.22. The molecule has 2 rings (SSSR count). The molecule has 2 heterocycles. The normalized spacial score (nSPS) is 20.4. The van der Waals surface area contributed by atoms with Gasteiger partial charge in [0.15, 0.2) is 0 Å².